The summed E-state index contributed by atoms with van der Waals surface area (Å²) in [4.78, 5) is 4.25. The van der Waals surface area contributed by atoms with Crippen LogP contribution in [0, 0.1) is 0 Å². The Morgan fingerprint density at radius 2 is 2.29 bits per heavy atom. The third-order valence-electron chi connectivity index (χ3n) is 1.92. The summed E-state index contributed by atoms with van der Waals surface area (Å²) < 4.78 is 2.91. The summed E-state index contributed by atoms with van der Waals surface area (Å²) in [6, 6.07) is 5.95. The lowest BCUT2D eigenvalue weighted by atomic mass is 10.3. The molecule has 3 nitrogen and oxygen atoms in total. The van der Waals surface area contributed by atoms with Gasteiger partial charge in [0.15, 0.2) is 0 Å². The summed E-state index contributed by atoms with van der Waals surface area (Å²) in [5, 5.41) is 4.17. The van der Waals surface area contributed by atoms with Crippen molar-refractivity contribution in [3.8, 4) is 0 Å². The van der Waals surface area contributed by atoms with E-state index < -0.39 is 0 Å². The summed E-state index contributed by atoms with van der Waals surface area (Å²) in [6.45, 7) is 0.864. The molecule has 14 heavy (non-hydrogen) atoms. The zero-order valence-electron chi connectivity index (χ0n) is 7.60. The van der Waals surface area contributed by atoms with E-state index in [0.29, 0.717) is 0 Å². The van der Waals surface area contributed by atoms with Crippen LogP contribution in [-0.2, 0) is 13.0 Å². The summed E-state index contributed by atoms with van der Waals surface area (Å²) in [7, 11) is 0. The summed E-state index contributed by atoms with van der Waals surface area (Å²) >= 11 is 3.36. The molecule has 0 N–H and O–H groups in total. The third kappa shape index (κ3) is 2.42. The molecular weight excluding hydrogens is 242 g/mol. The highest BCUT2D eigenvalue weighted by atomic mass is 79.9. The molecule has 0 fully saturated rings. The predicted octanol–water partition coefficient (Wildman–Crippen LogP) is 2.28. The first-order valence-corrected chi connectivity index (χ1v) is 5.22. The lowest BCUT2D eigenvalue weighted by Gasteiger charge is -2.00. The zero-order valence-corrected chi connectivity index (χ0v) is 9.18. The van der Waals surface area contributed by atoms with Crippen LogP contribution < -0.4 is 0 Å². The van der Waals surface area contributed by atoms with E-state index in [0.717, 1.165) is 23.1 Å². The molecule has 72 valence electrons. The summed E-state index contributed by atoms with van der Waals surface area (Å²) in [6.07, 6.45) is 6.48. The Hall–Kier alpha value is -1.16. The van der Waals surface area contributed by atoms with E-state index in [9.17, 15) is 0 Å². The van der Waals surface area contributed by atoms with Gasteiger partial charge in [0.1, 0.15) is 0 Å². The van der Waals surface area contributed by atoms with Crippen molar-refractivity contribution >= 4 is 15.9 Å². The van der Waals surface area contributed by atoms with Gasteiger partial charge in [-0.25, -0.2) is 0 Å². The maximum atomic E-state index is 4.25. The molecule has 0 aliphatic rings. The molecule has 0 atom stereocenters. The van der Waals surface area contributed by atoms with Gasteiger partial charge in [-0.3, -0.25) is 9.67 Å². The van der Waals surface area contributed by atoms with Crippen LogP contribution in [0.5, 0.6) is 0 Å². The maximum absolute atomic E-state index is 4.25. The fraction of sp³-hybridized carbons (Fsp3) is 0.200. The molecule has 2 aromatic rings. The number of pyridine rings is 1. The van der Waals surface area contributed by atoms with Crippen LogP contribution in [0.25, 0.3) is 0 Å². The van der Waals surface area contributed by atoms with Crippen LogP contribution in [0.3, 0.4) is 0 Å². The predicted molar refractivity (Wildman–Crippen MR) is 57.9 cm³/mol. The lowest BCUT2D eigenvalue weighted by molar-refractivity contribution is 0.608. The standard InChI is InChI=1S/C10H10BrN3/c11-9-7-13-14(8-9)6-4-10-3-1-2-5-12-10/h1-3,5,7-8H,4,6H2. The zero-order chi connectivity index (χ0) is 9.80. The number of nitrogens with zero attached hydrogens (tertiary/aromatic N) is 3. The Morgan fingerprint density at radius 1 is 1.36 bits per heavy atom. The van der Waals surface area contributed by atoms with Gasteiger partial charge in [0.25, 0.3) is 0 Å². The molecule has 0 aromatic carbocycles. The molecule has 2 aromatic heterocycles. The van der Waals surface area contributed by atoms with Crippen LogP contribution >= 0.6 is 15.9 Å². The highest BCUT2D eigenvalue weighted by Crippen LogP contribution is 2.06. The van der Waals surface area contributed by atoms with Gasteiger partial charge in [-0.1, -0.05) is 6.07 Å². The van der Waals surface area contributed by atoms with Gasteiger partial charge >= 0.3 is 0 Å². The van der Waals surface area contributed by atoms with E-state index in [1.165, 1.54) is 0 Å². The lowest BCUT2D eigenvalue weighted by Crippen LogP contribution is -2.02. The second-order valence-corrected chi connectivity index (χ2v) is 3.91. The van der Waals surface area contributed by atoms with Crippen LogP contribution in [0.1, 0.15) is 5.69 Å². The summed E-state index contributed by atoms with van der Waals surface area (Å²) in [5.41, 5.74) is 1.10. The molecule has 0 saturated heterocycles. The fourth-order valence-electron chi connectivity index (χ4n) is 1.24. The van der Waals surface area contributed by atoms with Crippen molar-refractivity contribution in [2.24, 2.45) is 0 Å². The number of rotatable bonds is 3. The Balaban J connectivity index is 1.95. The number of aryl methyl sites for hydroxylation is 2. The van der Waals surface area contributed by atoms with E-state index in [1.807, 2.05) is 35.3 Å². The molecule has 0 amide bonds. The molecule has 0 unspecified atom stereocenters. The van der Waals surface area contributed by atoms with Crippen LogP contribution in [-0.4, -0.2) is 14.8 Å². The number of hydrogen-bond donors (Lipinski definition) is 0. The molecule has 0 aliphatic carbocycles. The maximum Gasteiger partial charge on any atom is 0.0632 e. The Bertz CT molecular complexity index is 397. The number of hydrogen-bond acceptors (Lipinski definition) is 2. The SMILES string of the molecule is Brc1cnn(CCc2ccccn2)c1. The fourth-order valence-corrected chi connectivity index (χ4v) is 1.56. The van der Waals surface area contributed by atoms with Gasteiger partial charge in [0.05, 0.1) is 10.7 Å². The normalized spacial score (nSPS) is 10.4. The van der Waals surface area contributed by atoms with Gasteiger partial charge < -0.3 is 0 Å². The van der Waals surface area contributed by atoms with Crippen molar-refractivity contribution in [1.29, 1.82) is 0 Å². The largest absolute Gasteiger partial charge is 0.271 e. The van der Waals surface area contributed by atoms with Gasteiger partial charge in [-0.05, 0) is 28.1 Å². The highest BCUT2D eigenvalue weighted by molar-refractivity contribution is 9.10. The van der Waals surface area contributed by atoms with E-state index in [2.05, 4.69) is 26.0 Å². The minimum absolute atomic E-state index is 0.864. The average Bonchev–Trinajstić information content (AvgIpc) is 2.63. The van der Waals surface area contributed by atoms with Gasteiger partial charge in [-0.2, -0.15) is 5.10 Å². The molecule has 2 rings (SSSR count). The summed E-state index contributed by atoms with van der Waals surface area (Å²) in [5.74, 6) is 0. The van der Waals surface area contributed by atoms with Crippen molar-refractivity contribution in [2.75, 3.05) is 0 Å². The first kappa shape index (κ1) is 9.40. The average molecular weight is 252 g/mol. The monoisotopic (exact) mass is 251 g/mol. The molecule has 0 saturated carbocycles. The molecule has 2 heterocycles. The van der Waals surface area contributed by atoms with E-state index >= 15 is 0 Å². The number of aromatic nitrogens is 3. The van der Waals surface area contributed by atoms with Crippen molar-refractivity contribution in [1.82, 2.24) is 14.8 Å². The topological polar surface area (TPSA) is 30.7 Å². The Kier molecular flexibility index (Phi) is 2.93. The third-order valence-corrected chi connectivity index (χ3v) is 2.33. The van der Waals surface area contributed by atoms with E-state index in [1.54, 1.807) is 6.20 Å². The van der Waals surface area contributed by atoms with Crippen LogP contribution in [0.15, 0.2) is 41.3 Å². The van der Waals surface area contributed by atoms with Gasteiger partial charge in [-0.15, -0.1) is 0 Å². The molecule has 0 aliphatic heterocycles. The minimum Gasteiger partial charge on any atom is -0.271 e. The highest BCUT2D eigenvalue weighted by Gasteiger charge is 1.96. The second kappa shape index (κ2) is 4.37. The van der Waals surface area contributed by atoms with Gasteiger partial charge in [0.2, 0.25) is 0 Å². The van der Waals surface area contributed by atoms with E-state index in [-0.39, 0.29) is 0 Å². The first-order valence-electron chi connectivity index (χ1n) is 4.42. The quantitative estimate of drug-likeness (QED) is 0.839. The van der Waals surface area contributed by atoms with Crippen LogP contribution in [0.2, 0.25) is 0 Å². The number of halogens is 1. The van der Waals surface area contributed by atoms with Crippen molar-refractivity contribution in [2.45, 2.75) is 13.0 Å². The molecule has 0 spiro atoms. The second-order valence-electron chi connectivity index (χ2n) is 2.99. The first-order chi connectivity index (χ1) is 6.84. The van der Waals surface area contributed by atoms with Crippen LogP contribution in [0.4, 0.5) is 0 Å². The van der Waals surface area contributed by atoms with E-state index in [4.69, 9.17) is 0 Å². The van der Waals surface area contributed by atoms with Gasteiger partial charge in [0, 0.05) is 31.1 Å². The molecule has 0 radical (unpaired) electrons. The smallest absolute Gasteiger partial charge is 0.0632 e. The van der Waals surface area contributed by atoms with Crippen molar-refractivity contribution in [3.63, 3.8) is 0 Å². The Morgan fingerprint density at radius 3 is 2.93 bits per heavy atom. The molecule has 4 heteroatoms. The van der Waals surface area contributed by atoms with Crippen molar-refractivity contribution < 1.29 is 0 Å². The molecular formula is C10H10BrN3. The molecule has 0 bridgehead atoms. The van der Waals surface area contributed by atoms with Crippen molar-refractivity contribution in [3.05, 3.63) is 47.0 Å². The Labute approximate surface area is 90.9 Å². The minimum atomic E-state index is 0.864.